The van der Waals surface area contributed by atoms with E-state index in [1.165, 1.54) is 16.4 Å². The minimum atomic E-state index is -3.59. The van der Waals surface area contributed by atoms with Gasteiger partial charge in [0.1, 0.15) is 0 Å². The van der Waals surface area contributed by atoms with Gasteiger partial charge in [0.15, 0.2) is 0 Å². The first-order valence-electron chi connectivity index (χ1n) is 10.9. The van der Waals surface area contributed by atoms with Gasteiger partial charge in [0.2, 0.25) is 10.0 Å². The third-order valence-corrected chi connectivity index (χ3v) is 8.07. The van der Waals surface area contributed by atoms with Gasteiger partial charge in [0.05, 0.1) is 16.2 Å². The maximum absolute atomic E-state index is 13.0. The largest absolute Gasteiger partial charge is 0.322 e. The molecular weight excluding hydrogens is 458 g/mol. The second-order valence-electron chi connectivity index (χ2n) is 8.34. The van der Waals surface area contributed by atoms with Gasteiger partial charge in [-0.3, -0.25) is 9.78 Å². The molecule has 2 heterocycles. The van der Waals surface area contributed by atoms with E-state index in [0.717, 1.165) is 22.6 Å². The number of benzene rings is 2. The van der Waals surface area contributed by atoms with Crippen molar-refractivity contribution in [1.29, 1.82) is 0 Å². The Balaban J connectivity index is 1.51. The molecule has 0 unspecified atom stereocenters. The highest BCUT2D eigenvalue weighted by molar-refractivity contribution is 7.89. The van der Waals surface area contributed by atoms with Crippen LogP contribution in [0.15, 0.2) is 65.6 Å². The summed E-state index contributed by atoms with van der Waals surface area (Å²) >= 11 is 5.90. The van der Waals surface area contributed by atoms with Gasteiger partial charge in [0, 0.05) is 35.4 Å². The highest BCUT2D eigenvalue weighted by atomic mass is 35.5. The third-order valence-electron chi connectivity index (χ3n) is 5.91. The first-order chi connectivity index (χ1) is 15.7. The predicted octanol–water partition coefficient (Wildman–Crippen LogP) is 5.17. The summed E-state index contributed by atoms with van der Waals surface area (Å²) in [6, 6.07) is 17.5. The zero-order valence-corrected chi connectivity index (χ0v) is 20.2. The number of rotatable bonds is 5. The predicted molar refractivity (Wildman–Crippen MR) is 130 cm³/mol. The normalized spacial score (nSPS) is 15.4. The van der Waals surface area contributed by atoms with Gasteiger partial charge in [-0.15, -0.1) is 0 Å². The summed E-state index contributed by atoms with van der Waals surface area (Å²) in [7, 11) is -3.59. The summed E-state index contributed by atoms with van der Waals surface area (Å²) in [4.78, 5) is 18.0. The van der Waals surface area contributed by atoms with Crippen LogP contribution in [0.5, 0.6) is 0 Å². The van der Waals surface area contributed by atoms with Crippen LogP contribution >= 0.6 is 11.6 Å². The summed E-state index contributed by atoms with van der Waals surface area (Å²) in [6.45, 7) is 4.62. The van der Waals surface area contributed by atoms with Crippen LogP contribution in [-0.4, -0.2) is 36.7 Å². The number of piperidine rings is 1. The fourth-order valence-corrected chi connectivity index (χ4v) is 5.64. The summed E-state index contributed by atoms with van der Waals surface area (Å²) in [5.41, 5.74) is 3.92. The molecule has 0 saturated carbocycles. The number of halogens is 1. The monoisotopic (exact) mass is 483 g/mol. The van der Waals surface area contributed by atoms with Crippen LogP contribution in [0.25, 0.3) is 0 Å². The first-order valence-corrected chi connectivity index (χ1v) is 12.7. The summed E-state index contributed by atoms with van der Waals surface area (Å²) in [5, 5.41) is 3.44. The van der Waals surface area contributed by atoms with Crippen molar-refractivity contribution in [1.82, 2.24) is 9.29 Å². The van der Waals surface area contributed by atoms with Gasteiger partial charge < -0.3 is 5.32 Å². The van der Waals surface area contributed by atoms with E-state index in [4.69, 9.17) is 11.6 Å². The molecule has 0 bridgehead atoms. The van der Waals surface area contributed by atoms with Crippen molar-refractivity contribution in [2.75, 3.05) is 18.4 Å². The van der Waals surface area contributed by atoms with Crippen LogP contribution in [0.1, 0.15) is 46.1 Å². The summed E-state index contributed by atoms with van der Waals surface area (Å²) in [6.07, 6.45) is 1.18. The van der Waals surface area contributed by atoms with Gasteiger partial charge in [-0.2, -0.15) is 4.31 Å². The summed E-state index contributed by atoms with van der Waals surface area (Å²) < 4.78 is 27.5. The maximum atomic E-state index is 13.0. The van der Waals surface area contributed by atoms with Crippen molar-refractivity contribution in [3.8, 4) is 0 Å². The van der Waals surface area contributed by atoms with Crippen molar-refractivity contribution in [2.24, 2.45) is 0 Å². The van der Waals surface area contributed by atoms with Crippen LogP contribution in [0.2, 0.25) is 5.02 Å². The molecule has 1 amide bonds. The third kappa shape index (κ3) is 5.27. The number of hydrogen-bond donors (Lipinski definition) is 1. The standard InChI is InChI=1S/C25H26ClN3O3S/c1-17-3-8-21(9-4-17)28-25(30)23-12-5-18(2)27-24(23)19-13-15-29(16-14-19)33(31,32)22-10-6-20(26)7-11-22/h3-12,19H,13-16H2,1-2H3,(H,28,30). The number of aromatic nitrogens is 1. The van der Waals surface area contributed by atoms with Crippen LogP contribution in [0.4, 0.5) is 5.69 Å². The number of anilines is 1. The fraction of sp³-hybridized carbons (Fsp3) is 0.280. The Hall–Kier alpha value is -2.74. The SMILES string of the molecule is Cc1ccc(NC(=O)c2ccc(C)nc2C2CCN(S(=O)(=O)c3ccc(Cl)cc3)CC2)cc1. The smallest absolute Gasteiger partial charge is 0.257 e. The van der Waals surface area contributed by atoms with Crippen molar-refractivity contribution in [3.05, 3.63) is 88.2 Å². The molecule has 1 aromatic heterocycles. The molecule has 0 spiro atoms. The minimum Gasteiger partial charge on any atom is -0.322 e. The lowest BCUT2D eigenvalue weighted by Gasteiger charge is -2.31. The lowest BCUT2D eigenvalue weighted by molar-refractivity contribution is 0.102. The molecule has 8 heteroatoms. The molecule has 1 aliphatic rings. The zero-order chi connectivity index (χ0) is 23.6. The van der Waals surface area contributed by atoms with Crippen LogP contribution in [0, 0.1) is 13.8 Å². The minimum absolute atomic E-state index is 0.000311. The fourth-order valence-electron chi connectivity index (χ4n) is 4.04. The number of carbonyl (C=O) groups is 1. The number of carbonyl (C=O) groups excluding carboxylic acids is 1. The van der Waals surface area contributed by atoms with Crippen molar-refractivity contribution < 1.29 is 13.2 Å². The lowest BCUT2D eigenvalue weighted by Crippen LogP contribution is -2.38. The molecular formula is C25H26ClN3O3S. The Morgan fingerprint density at radius 3 is 2.24 bits per heavy atom. The molecule has 172 valence electrons. The van der Waals surface area contributed by atoms with Crippen LogP contribution < -0.4 is 5.32 Å². The molecule has 0 radical (unpaired) electrons. The van der Waals surface area contributed by atoms with E-state index in [2.05, 4.69) is 10.3 Å². The quantitative estimate of drug-likeness (QED) is 0.542. The molecule has 0 atom stereocenters. The molecule has 3 aromatic rings. The molecule has 1 saturated heterocycles. The van der Waals surface area contributed by atoms with Crippen molar-refractivity contribution in [2.45, 2.75) is 37.5 Å². The lowest BCUT2D eigenvalue weighted by atomic mass is 9.90. The highest BCUT2D eigenvalue weighted by Crippen LogP contribution is 2.32. The summed E-state index contributed by atoms with van der Waals surface area (Å²) in [5.74, 6) is -0.210. The van der Waals surface area contributed by atoms with Crippen molar-refractivity contribution in [3.63, 3.8) is 0 Å². The van der Waals surface area contributed by atoms with Gasteiger partial charge in [-0.1, -0.05) is 29.3 Å². The molecule has 33 heavy (non-hydrogen) atoms. The number of nitrogens with zero attached hydrogens (tertiary/aromatic N) is 2. The number of sulfonamides is 1. The Labute approximate surface area is 199 Å². The average Bonchev–Trinajstić information content (AvgIpc) is 2.81. The first kappa shape index (κ1) is 23.4. The van der Waals surface area contributed by atoms with E-state index in [0.29, 0.717) is 36.5 Å². The highest BCUT2D eigenvalue weighted by Gasteiger charge is 2.32. The van der Waals surface area contributed by atoms with Gasteiger partial charge in [-0.05, 0) is 75.2 Å². The Morgan fingerprint density at radius 2 is 1.61 bits per heavy atom. The van der Waals surface area contributed by atoms with Crippen molar-refractivity contribution >= 4 is 33.2 Å². The molecule has 6 nitrogen and oxygen atoms in total. The van der Waals surface area contributed by atoms with Gasteiger partial charge in [-0.25, -0.2) is 8.42 Å². The molecule has 2 aromatic carbocycles. The number of hydrogen-bond acceptors (Lipinski definition) is 4. The van der Waals surface area contributed by atoms with E-state index in [1.54, 1.807) is 18.2 Å². The average molecular weight is 484 g/mol. The molecule has 1 N–H and O–H groups in total. The number of amides is 1. The van der Waals surface area contributed by atoms with E-state index in [-0.39, 0.29) is 16.7 Å². The zero-order valence-electron chi connectivity index (χ0n) is 18.6. The Kier molecular flexibility index (Phi) is 6.83. The second kappa shape index (κ2) is 9.63. The topological polar surface area (TPSA) is 79.4 Å². The van der Waals surface area contributed by atoms with E-state index in [9.17, 15) is 13.2 Å². The number of nitrogens with one attached hydrogen (secondary N) is 1. The Bertz CT molecular complexity index is 1250. The van der Waals surface area contributed by atoms with E-state index >= 15 is 0 Å². The molecule has 1 aliphatic heterocycles. The number of pyridine rings is 1. The molecule has 4 rings (SSSR count). The van der Waals surface area contributed by atoms with Crippen LogP contribution in [0.3, 0.4) is 0 Å². The molecule has 0 aliphatic carbocycles. The number of aryl methyl sites for hydroxylation is 2. The maximum Gasteiger partial charge on any atom is 0.257 e. The van der Waals surface area contributed by atoms with E-state index in [1.807, 2.05) is 44.2 Å². The molecule has 1 fully saturated rings. The second-order valence-corrected chi connectivity index (χ2v) is 10.7. The van der Waals surface area contributed by atoms with Gasteiger partial charge >= 0.3 is 0 Å². The van der Waals surface area contributed by atoms with Gasteiger partial charge in [0.25, 0.3) is 5.91 Å². The Morgan fingerprint density at radius 1 is 0.970 bits per heavy atom. The van der Waals surface area contributed by atoms with Crippen LogP contribution in [-0.2, 0) is 10.0 Å². The van der Waals surface area contributed by atoms with E-state index < -0.39 is 10.0 Å².